The lowest BCUT2D eigenvalue weighted by molar-refractivity contribution is -0.137. The lowest BCUT2D eigenvalue weighted by atomic mass is 9.94. The van der Waals surface area contributed by atoms with Gasteiger partial charge in [-0.2, -0.15) is 0 Å². The molecule has 2 atom stereocenters. The Hall–Kier alpha value is -0.870. The highest BCUT2D eigenvalue weighted by Gasteiger charge is 2.35. The Morgan fingerprint density at radius 3 is 2.94 bits per heavy atom. The highest BCUT2D eigenvalue weighted by molar-refractivity contribution is 7.10. The van der Waals surface area contributed by atoms with Crippen LogP contribution in [0.2, 0.25) is 0 Å². The van der Waals surface area contributed by atoms with Crippen molar-refractivity contribution in [2.75, 3.05) is 6.54 Å². The molecule has 0 saturated carbocycles. The fraction of sp³-hybridized carbons (Fsp3) is 0.615. The van der Waals surface area contributed by atoms with Gasteiger partial charge >= 0.3 is 0 Å². The highest BCUT2D eigenvalue weighted by atomic mass is 32.1. The molecule has 2 heterocycles. The minimum atomic E-state index is 0.0742. The Balaban J connectivity index is 2.25. The number of likely N-dealkylation sites (tertiary alicyclic amines) is 1. The summed E-state index contributed by atoms with van der Waals surface area (Å²) >= 11 is 1.69. The average molecular weight is 252 g/mol. The van der Waals surface area contributed by atoms with E-state index in [0.717, 1.165) is 13.0 Å². The van der Waals surface area contributed by atoms with E-state index >= 15 is 0 Å². The first kappa shape index (κ1) is 12.6. The summed E-state index contributed by atoms with van der Waals surface area (Å²) in [5, 5.41) is 2.05. The van der Waals surface area contributed by atoms with Crippen LogP contribution in [0, 0.1) is 5.92 Å². The van der Waals surface area contributed by atoms with Gasteiger partial charge in [0.2, 0.25) is 5.91 Å². The molecule has 1 amide bonds. The Morgan fingerprint density at radius 1 is 1.59 bits per heavy atom. The van der Waals surface area contributed by atoms with E-state index in [1.165, 1.54) is 4.88 Å². The first-order valence-electron chi connectivity index (χ1n) is 6.18. The van der Waals surface area contributed by atoms with E-state index in [0.29, 0.717) is 12.3 Å². The number of thiophene rings is 1. The van der Waals surface area contributed by atoms with Crippen LogP contribution in [0.25, 0.3) is 0 Å². The zero-order valence-corrected chi connectivity index (χ0v) is 11.2. The van der Waals surface area contributed by atoms with Gasteiger partial charge < -0.3 is 10.6 Å². The molecule has 1 aromatic rings. The summed E-state index contributed by atoms with van der Waals surface area (Å²) in [5.41, 5.74) is 6.21. The molecule has 1 aliphatic rings. The number of hydrogen-bond donors (Lipinski definition) is 1. The lowest BCUT2D eigenvalue weighted by Gasteiger charge is -2.40. The number of amides is 1. The van der Waals surface area contributed by atoms with Crippen molar-refractivity contribution in [3.05, 3.63) is 22.4 Å². The van der Waals surface area contributed by atoms with Crippen LogP contribution in [0.4, 0.5) is 0 Å². The molecule has 1 fully saturated rings. The Kier molecular flexibility index (Phi) is 3.84. The smallest absolute Gasteiger partial charge is 0.223 e. The monoisotopic (exact) mass is 252 g/mol. The number of piperidine rings is 1. The summed E-state index contributed by atoms with van der Waals surface area (Å²) in [6.45, 7) is 5.08. The van der Waals surface area contributed by atoms with Crippen molar-refractivity contribution in [3.8, 4) is 0 Å². The third kappa shape index (κ3) is 2.69. The first-order valence-corrected chi connectivity index (χ1v) is 7.06. The van der Waals surface area contributed by atoms with Gasteiger partial charge in [0, 0.05) is 23.9 Å². The molecule has 0 bridgehead atoms. The largest absolute Gasteiger partial charge is 0.333 e. The summed E-state index contributed by atoms with van der Waals surface area (Å²) in [6, 6.07) is 4.27. The normalized spacial score (nSPS) is 25.6. The van der Waals surface area contributed by atoms with Crippen molar-refractivity contribution < 1.29 is 4.79 Å². The van der Waals surface area contributed by atoms with Crippen molar-refractivity contribution in [3.63, 3.8) is 0 Å². The molecule has 2 N–H and O–H groups in total. The SMILES string of the molecule is CC(C)CN1C(=O)CCC(N)C1c1cccs1. The van der Waals surface area contributed by atoms with Crippen LogP contribution >= 0.6 is 11.3 Å². The van der Waals surface area contributed by atoms with Gasteiger partial charge in [0.05, 0.1) is 6.04 Å². The zero-order chi connectivity index (χ0) is 12.4. The number of nitrogens with two attached hydrogens (primary N) is 1. The molecular weight excluding hydrogens is 232 g/mol. The maximum absolute atomic E-state index is 12.1. The van der Waals surface area contributed by atoms with Crippen molar-refractivity contribution in [2.45, 2.75) is 38.8 Å². The summed E-state index contributed by atoms with van der Waals surface area (Å²) in [5.74, 6) is 0.727. The fourth-order valence-corrected chi connectivity index (χ4v) is 3.32. The third-order valence-corrected chi connectivity index (χ3v) is 4.09. The topological polar surface area (TPSA) is 46.3 Å². The van der Waals surface area contributed by atoms with Gasteiger partial charge in [-0.05, 0) is 23.8 Å². The van der Waals surface area contributed by atoms with Gasteiger partial charge in [-0.25, -0.2) is 0 Å². The summed E-state index contributed by atoms with van der Waals surface area (Å²) in [6.07, 6.45) is 1.39. The summed E-state index contributed by atoms with van der Waals surface area (Å²) in [4.78, 5) is 15.2. The number of carbonyl (C=O) groups excluding carboxylic acids is 1. The molecule has 1 aromatic heterocycles. The predicted octanol–water partition coefficient (Wildman–Crippen LogP) is 2.39. The van der Waals surface area contributed by atoms with Crippen molar-refractivity contribution >= 4 is 17.2 Å². The molecule has 3 nitrogen and oxygen atoms in total. The molecular formula is C13H20N2OS. The number of hydrogen-bond acceptors (Lipinski definition) is 3. The lowest BCUT2D eigenvalue weighted by Crippen LogP contribution is -2.49. The van der Waals surface area contributed by atoms with Crippen LogP contribution in [0.15, 0.2) is 17.5 Å². The molecule has 0 aromatic carbocycles. The van der Waals surface area contributed by atoms with Crippen LogP contribution in [0.3, 0.4) is 0 Å². The van der Waals surface area contributed by atoms with Crippen molar-refractivity contribution in [1.29, 1.82) is 0 Å². The molecule has 0 spiro atoms. The van der Waals surface area contributed by atoms with Gasteiger partial charge in [-0.1, -0.05) is 19.9 Å². The van der Waals surface area contributed by atoms with Crippen LogP contribution < -0.4 is 5.73 Å². The van der Waals surface area contributed by atoms with Crippen LogP contribution in [0.5, 0.6) is 0 Å². The van der Waals surface area contributed by atoms with E-state index in [2.05, 4.69) is 25.3 Å². The quantitative estimate of drug-likeness (QED) is 0.898. The molecule has 0 aliphatic carbocycles. The highest BCUT2D eigenvalue weighted by Crippen LogP contribution is 2.33. The van der Waals surface area contributed by atoms with Gasteiger partial charge in [-0.3, -0.25) is 4.79 Å². The van der Waals surface area contributed by atoms with Crippen LogP contribution in [-0.2, 0) is 4.79 Å². The standard InChI is InChI=1S/C13H20N2OS/c1-9(2)8-15-12(16)6-5-10(14)13(15)11-4-3-7-17-11/h3-4,7,9-10,13H,5-6,8,14H2,1-2H3. The van der Waals surface area contributed by atoms with E-state index in [9.17, 15) is 4.79 Å². The first-order chi connectivity index (χ1) is 8.09. The Labute approximate surface area is 107 Å². The van der Waals surface area contributed by atoms with E-state index in [1.54, 1.807) is 11.3 Å². The predicted molar refractivity (Wildman–Crippen MR) is 70.8 cm³/mol. The average Bonchev–Trinajstić information content (AvgIpc) is 2.76. The molecule has 17 heavy (non-hydrogen) atoms. The van der Waals surface area contributed by atoms with Crippen molar-refractivity contribution in [1.82, 2.24) is 4.90 Å². The summed E-state index contributed by atoms with van der Waals surface area (Å²) < 4.78 is 0. The third-order valence-electron chi connectivity index (χ3n) is 3.15. The van der Waals surface area contributed by atoms with Crippen LogP contribution in [0.1, 0.15) is 37.6 Å². The molecule has 94 valence electrons. The zero-order valence-electron chi connectivity index (χ0n) is 10.4. The molecule has 0 radical (unpaired) electrons. The van der Waals surface area contributed by atoms with Gasteiger partial charge in [-0.15, -0.1) is 11.3 Å². The second kappa shape index (κ2) is 5.19. The van der Waals surface area contributed by atoms with Gasteiger partial charge in [0.15, 0.2) is 0 Å². The van der Waals surface area contributed by atoms with Crippen molar-refractivity contribution in [2.24, 2.45) is 11.7 Å². The molecule has 1 saturated heterocycles. The Bertz CT molecular complexity index is 375. The fourth-order valence-electron chi connectivity index (χ4n) is 2.41. The molecule has 2 rings (SSSR count). The maximum Gasteiger partial charge on any atom is 0.223 e. The molecule has 1 aliphatic heterocycles. The minimum Gasteiger partial charge on any atom is -0.333 e. The molecule has 2 unspecified atom stereocenters. The maximum atomic E-state index is 12.1. The second-order valence-electron chi connectivity index (χ2n) is 5.10. The van der Waals surface area contributed by atoms with E-state index in [1.807, 2.05) is 11.0 Å². The number of rotatable bonds is 3. The number of nitrogens with zero attached hydrogens (tertiary/aromatic N) is 1. The number of carbonyl (C=O) groups is 1. The van der Waals surface area contributed by atoms with E-state index in [-0.39, 0.29) is 18.0 Å². The van der Waals surface area contributed by atoms with Gasteiger partial charge in [0.1, 0.15) is 0 Å². The van der Waals surface area contributed by atoms with E-state index < -0.39 is 0 Å². The van der Waals surface area contributed by atoms with Gasteiger partial charge in [0.25, 0.3) is 0 Å². The minimum absolute atomic E-state index is 0.0742. The second-order valence-corrected chi connectivity index (χ2v) is 6.08. The summed E-state index contributed by atoms with van der Waals surface area (Å²) in [7, 11) is 0. The Morgan fingerprint density at radius 2 is 2.35 bits per heavy atom. The van der Waals surface area contributed by atoms with Crippen LogP contribution in [-0.4, -0.2) is 23.4 Å². The molecule has 4 heteroatoms. The van der Waals surface area contributed by atoms with E-state index in [4.69, 9.17) is 5.73 Å².